The minimum Gasteiger partial charge on any atom is -0.508 e. The average molecular weight is 332 g/mol. The van der Waals surface area contributed by atoms with E-state index in [0.717, 1.165) is 16.7 Å². The molecule has 0 aliphatic heterocycles. The number of phenols is 1. The van der Waals surface area contributed by atoms with E-state index >= 15 is 0 Å². The van der Waals surface area contributed by atoms with Crippen molar-refractivity contribution in [2.24, 2.45) is 0 Å². The number of carboxylic acid groups (broad SMARTS) is 1. The van der Waals surface area contributed by atoms with Gasteiger partial charge in [0.2, 0.25) is 0 Å². The summed E-state index contributed by atoms with van der Waals surface area (Å²) in [4.78, 5) is 10.7. The maximum atomic E-state index is 10.7. The van der Waals surface area contributed by atoms with E-state index in [9.17, 15) is 9.90 Å². The molecular weight excluding hydrogens is 304 g/mol. The summed E-state index contributed by atoms with van der Waals surface area (Å²) < 4.78 is 5.80. The largest absolute Gasteiger partial charge is 0.508 e. The van der Waals surface area contributed by atoms with E-state index in [2.05, 4.69) is 0 Å². The molecule has 0 saturated carbocycles. The minimum absolute atomic E-state index is 0.00116. The SMILES string of the molecule is CC.CC.Cc1cc(CC(=O)O)cc(C)c1Oc1ccc(O)cc1. The first-order chi connectivity index (χ1) is 11.5. The lowest BCUT2D eigenvalue weighted by atomic mass is 10.0. The van der Waals surface area contributed by atoms with E-state index in [0.29, 0.717) is 11.5 Å². The van der Waals surface area contributed by atoms with Gasteiger partial charge in [0.1, 0.15) is 17.2 Å². The molecule has 0 saturated heterocycles. The minimum atomic E-state index is -0.851. The molecule has 0 radical (unpaired) electrons. The fourth-order valence-electron chi connectivity index (χ4n) is 2.11. The molecule has 0 fully saturated rings. The Labute approximate surface area is 144 Å². The lowest BCUT2D eigenvalue weighted by Gasteiger charge is -2.13. The molecule has 2 N–H and O–H groups in total. The Morgan fingerprint density at radius 2 is 1.42 bits per heavy atom. The fourth-order valence-corrected chi connectivity index (χ4v) is 2.11. The first kappa shape index (κ1) is 21.5. The molecule has 0 bridgehead atoms. The van der Waals surface area contributed by atoms with Crippen molar-refractivity contribution < 1.29 is 19.7 Å². The number of carboxylic acids is 1. The molecule has 2 aromatic rings. The van der Waals surface area contributed by atoms with Crippen LogP contribution < -0.4 is 4.74 Å². The summed E-state index contributed by atoms with van der Waals surface area (Å²) in [6.07, 6.45) is 0.00116. The number of hydrogen-bond donors (Lipinski definition) is 2. The van der Waals surface area contributed by atoms with Gasteiger partial charge >= 0.3 is 5.97 Å². The molecule has 0 atom stereocenters. The van der Waals surface area contributed by atoms with E-state index < -0.39 is 5.97 Å². The lowest BCUT2D eigenvalue weighted by molar-refractivity contribution is -0.136. The van der Waals surface area contributed by atoms with E-state index in [1.807, 2.05) is 53.7 Å². The van der Waals surface area contributed by atoms with Crippen molar-refractivity contribution in [1.29, 1.82) is 0 Å². The summed E-state index contributed by atoms with van der Waals surface area (Å²) in [5.74, 6) is 0.670. The molecule has 2 rings (SSSR count). The third kappa shape index (κ3) is 6.73. The number of phenolic OH excluding ortho intramolecular Hbond substituents is 1. The molecule has 0 aliphatic carbocycles. The molecule has 0 aliphatic rings. The van der Waals surface area contributed by atoms with Crippen LogP contribution >= 0.6 is 0 Å². The number of ether oxygens (including phenoxy) is 1. The first-order valence-corrected chi connectivity index (χ1v) is 8.24. The van der Waals surface area contributed by atoms with E-state index in [-0.39, 0.29) is 12.2 Å². The van der Waals surface area contributed by atoms with Gasteiger partial charge in [-0.2, -0.15) is 0 Å². The van der Waals surface area contributed by atoms with Crippen molar-refractivity contribution in [2.75, 3.05) is 0 Å². The molecule has 0 aromatic heterocycles. The van der Waals surface area contributed by atoms with Crippen LogP contribution in [0.1, 0.15) is 44.4 Å². The van der Waals surface area contributed by atoms with Crippen molar-refractivity contribution in [3.63, 3.8) is 0 Å². The second-order valence-electron chi connectivity index (χ2n) is 4.73. The smallest absolute Gasteiger partial charge is 0.307 e. The second kappa shape index (κ2) is 11.1. The van der Waals surface area contributed by atoms with Gasteiger partial charge in [-0.15, -0.1) is 0 Å². The van der Waals surface area contributed by atoms with Crippen LogP contribution in [0.4, 0.5) is 0 Å². The van der Waals surface area contributed by atoms with Gasteiger partial charge < -0.3 is 14.9 Å². The Hall–Kier alpha value is -2.49. The van der Waals surface area contributed by atoms with Crippen LogP contribution in [0.25, 0.3) is 0 Å². The maximum Gasteiger partial charge on any atom is 0.307 e. The highest BCUT2D eigenvalue weighted by molar-refractivity contribution is 5.70. The molecule has 2 aromatic carbocycles. The van der Waals surface area contributed by atoms with Crippen LogP contribution in [0.5, 0.6) is 17.2 Å². The summed E-state index contributed by atoms with van der Waals surface area (Å²) in [5, 5.41) is 18.1. The second-order valence-corrected chi connectivity index (χ2v) is 4.73. The molecule has 0 spiro atoms. The van der Waals surface area contributed by atoms with Crippen molar-refractivity contribution in [2.45, 2.75) is 48.0 Å². The molecule has 24 heavy (non-hydrogen) atoms. The molecule has 0 amide bonds. The first-order valence-electron chi connectivity index (χ1n) is 8.24. The fraction of sp³-hybridized carbons (Fsp3) is 0.350. The summed E-state index contributed by atoms with van der Waals surface area (Å²) in [6.45, 7) is 11.8. The van der Waals surface area contributed by atoms with Gasteiger partial charge in [-0.3, -0.25) is 4.79 Å². The molecule has 4 nitrogen and oxygen atoms in total. The summed E-state index contributed by atoms with van der Waals surface area (Å²) >= 11 is 0. The molecular formula is C20H28O4. The molecule has 4 heteroatoms. The summed E-state index contributed by atoms with van der Waals surface area (Å²) in [7, 11) is 0. The maximum absolute atomic E-state index is 10.7. The quantitative estimate of drug-likeness (QED) is 0.778. The van der Waals surface area contributed by atoms with Crippen LogP contribution in [0.15, 0.2) is 36.4 Å². The van der Waals surface area contributed by atoms with Gasteiger partial charge in [-0.1, -0.05) is 39.8 Å². The van der Waals surface area contributed by atoms with Crippen LogP contribution in [0.3, 0.4) is 0 Å². The van der Waals surface area contributed by atoms with Gasteiger partial charge in [-0.05, 0) is 54.8 Å². The zero-order chi connectivity index (χ0) is 18.7. The predicted octanol–water partition coefficient (Wildman–Crippen LogP) is 5.48. The summed E-state index contributed by atoms with van der Waals surface area (Å²) in [5.41, 5.74) is 2.52. The number of aromatic hydroxyl groups is 1. The highest BCUT2D eigenvalue weighted by Crippen LogP contribution is 2.30. The Morgan fingerprint density at radius 3 is 1.83 bits per heavy atom. The average Bonchev–Trinajstić information content (AvgIpc) is 2.56. The lowest BCUT2D eigenvalue weighted by Crippen LogP contribution is -2.02. The van der Waals surface area contributed by atoms with Gasteiger partial charge in [0.25, 0.3) is 0 Å². The van der Waals surface area contributed by atoms with Crippen LogP contribution in [0.2, 0.25) is 0 Å². The Morgan fingerprint density at radius 1 is 0.958 bits per heavy atom. The number of aliphatic carboxylic acids is 1. The Balaban J connectivity index is 0.00000123. The molecule has 132 valence electrons. The van der Waals surface area contributed by atoms with Crippen LogP contribution in [0, 0.1) is 13.8 Å². The van der Waals surface area contributed by atoms with Gasteiger partial charge in [0.05, 0.1) is 6.42 Å². The third-order valence-electron chi connectivity index (χ3n) is 2.93. The van der Waals surface area contributed by atoms with Crippen LogP contribution in [-0.2, 0) is 11.2 Å². The number of hydrogen-bond acceptors (Lipinski definition) is 3. The van der Waals surface area contributed by atoms with E-state index in [4.69, 9.17) is 9.84 Å². The summed E-state index contributed by atoms with van der Waals surface area (Å²) in [6, 6.07) is 10.1. The zero-order valence-electron chi connectivity index (χ0n) is 15.4. The number of aryl methyl sites for hydroxylation is 2. The molecule has 0 unspecified atom stereocenters. The van der Waals surface area contributed by atoms with Crippen molar-refractivity contribution in [1.82, 2.24) is 0 Å². The standard InChI is InChI=1S/C16H16O4.2C2H6/c1-10-7-12(9-15(18)19)8-11(2)16(10)20-14-5-3-13(17)4-6-14;2*1-2/h3-8,17H,9H2,1-2H3,(H,18,19);2*1-2H3. The number of rotatable bonds is 4. The highest BCUT2D eigenvalue weighted by atomic mass is 16.5. The van der Waals surface area contributed by atoms with E-state index in [1.54, 1.807) is 24.3 Å². The number of carbonyl (C=O) groups is 1. The topological polar surface area (TPSA) is 66.8 Å². The van der Waals surface area contributed by atoms with Crippen LogP contribution in [-0.4, -0.2) is 16.2 Å². The monoisotopic (exact) mass is 332 g/mol. The van der Waals surface area contributed by atoms with Gasteiger partial charge in [-0.25, -0.2) is 0 Å². The Bertz CT molecular complexity index is 608. The zero-order valence-corrected chi connectivity index (χ0v) is 15.4. The van der Waals surface area contributed by atoms with Gasteiger partial charge in [0.15, 0.2) is 0 Å². The Kier molecular flexibility index (Phi) is 9.96. The van der Waals surface area contributed by atoms with Gasteiger partial charge in [0, 0.05) is 0 Å². The predicted molar refractivity (Wildman–Crippen MR) is 98.1 cm³/mol. The highest BCUT2D eigenvalue weighted by Gasteiger charge is 2.09. The van der Waals surface area contributed by atoms with Crippen molar-refractivity contribution in [3.05, 3.63) is 53.1 Å². The number of benzene rings is 2. The normalized spacial score (nSPS) is 9.08. The van der Waals surface area contributed by atoms with E-state index in [1.165, 1.54) is 0 Å². The molecule has 0 heterocycles. The third-order valence-corrected chi connectivity index (χ3v) is 2.93. The van der Waals surface area contributed by atoms with Crippen molar-refractivity contribution in [3.8, 4) is 17.2 Å². The van der Waals surface area contributed by atoms with Crippen molar-refractivity contribution >= 4 is 5.97 Å².